The fourth-order valence-corrected chi connectivity index (χ4v) is 5.95. The Hall–Kier alpha value is -2.16. The van der Waals surface area contributed by atoms with E-state index in [9.17, 15) is 4.79 Å². The molecule has 1 aliphatic rings. The Kier molecular flexibility index (Phi) is 4.26. The second-order valence-corrected chi connectivity index (χ2v) is 9.27. The normalized spacial score (nSPS) is 20.5. The topological polar surface area (TPSA) is 64.6 Å². The van der Waals surface area contributed by atoms with Crippen LogP contribution in [0.1, 0.15) is 34.5 Å². The number of benzene rings is 1. The fourth-order valence-electron chi connectivity index (χ4n) is 3.83. The number of hydrogen-bond donors (Lipinski definition) is 1. The van der Waals surface area contributed by atoms with Crippen LogP contribution in [0.4, 0.5) is 0 Å². The molecule has 0 radical (unpaired) electrons. The molecule has 0 amide bonds. The monoisotopic (exact) mass is 398 g/mol. The number of aromatic nitrogens is 4. The van der Waals surface area contributed by atoms with Gasteiger partial charge in [-0.25, -0.2) is 9.97 Å². The van der Waals surface area contributed by atoms with Crippen molar-refractivity contribution in [1.82, 2.24) is 19.6 Å². The van der Waals surface area contributed by atoms with Gasteiger partial charge < -0.3 is 4.90 Å². The van der Waals surface area contributed by atoms with Crippen LogP contribution in [0.5, 0.6) is 0 Å². The van der Waals surface area contributed by atoms with Gasteiger partial charge in [0.1, 0.15) is 11.6 Å². The largest absolute Gasteiger partial charge is 0.329 e. The van der Waals surface area contributed by atoms with Gasteiger partial charge in [-0.2, -0.15) is 9.61 Å². The van der Waals surface area contributed by atoms with Crippen molar-refractivity contribution in [2.45, 2.75) is 32.2 Å². The number of piperidine rings is 1. The summed E-state index contributed by atoms with van der Waals surface area (Å²) in [6.45, 7) is 4.89. The van der Waals surface area contributed by atoms with Crippen molar-refractivity contribution < 1.29 is 4.90 Å². The second kappa shape index (κ2) is 6.78. The van der Waals surface area contributed by atoms with Crippen LogP contribution in [0.2, 0.25) is 0 Å². The van der Waals surface area contributed by atoms with Crippen molar-refractivity contribution in [2.24, 2.45) is 0 Å². The molecule has 4 aromatic rings. The molecular weight excluding hydrogens is 378 g/mol. The molecule has 2 atom stereocenters. The van der Waals surface area contributed by atoms with Gasteiger partial charge in [-0.15, -0.1) is 11.3 Å². The molecule has 8 heteroatoms. The number of thiazole rings is 1. The van der Waals surface area contributed by atoms with E-state index < -0.39 is 0 Å². The van der Waals surface area contributed by atoms with Gasteiger partial charge in [-0.1, -0.05) is 23.5 Å². The third kappa shape index (κ3) is 3.28. The third-order valence-electron chi connectivity index (χ3n) is 5.09. The highest BCUT2D eigenvalue weighted by atomic mass is 32.1. The van der Waals surface area contributed by atoms with Crippen LogP contribution >= 0.6 is 22.7 Å². The van der Waals surface area contributed by atoms with E-state index in [2.05, 4.69) is 34.3 Å². The lowest BCUT2D eigenvalue weighted by molar-refractivity contribution is -0.920. The SMILES string of the molecule is Cc1cc(=O)n2nc(C[NH+]3CCC[C@@H](c4nc5ccccc5s4)C3)sc2n1. The average molecular weight is 399 g/mol. The van der Waals surface area contributed by atoms with Crippen molar-refractivity contribution in [3.63, 3.8) is 0 Å². The number of likely N-dealkylation sites (tertiary alicyclic amines) is 1. The molecule has 5 rings (SSSR count). The molecule has 0 bridgehead atoms. The summed E-state index contributed by atoms with van der Waals surface area (Å²) in [6.07, 6.45) is 2.39. The van der Waals surface area contributed by atoms with Crippen LogP contribution in [-0.4, -0.2) is 32.7 Å². The highest BCUT2D eigenvalue weighted by Crippen LogP contribution is 2.30. The molecule has 1 unspecified atom stereocenters. The number of nitrogens with zero attached hydrogens (tertiary/aromatic N) is 4. The Morgan fingerprint density at radius 3 is 3.04 bits per heavy atom. The lowest BCUT2D eigenvalue weighted by atomic mass is 9.99. The van der Waals surface area contributed by atoms with E-state index >= 15 is 0 Å². The number of aryl methyl sites for hydroxylation is 1. The molecule has 6 nitrogen and oxygen atoms in total. The maximum Gasteiger partial charge on any atom is 0.275 e. The summed E-state index contributed by atoms with van der Waals surface area (Å²) in [5, 5.41) is 6.74. The van der Waals surface area contributed by atoms with Gasteiger partial charge in [0, 0.05) is 11.8 Å². The van der Waals surface area contributed by atoms with Crippen molar-refractivity contribution in [1.29, 1.82) is 0 Å². The Bertz CT molecular complexity index is 1140. The summed E-state index contributed by atoms with van der Waals surface area (Å²) in [7, 11) is 0. The lowest BCUT2D eigenvalue weighted by Gasteiger charge is -2.28. The summed E-state index contributed by atoms with van der Waals surface area (Å²) in [4.78, 5) is 23.6. The molecule has 1 saturated heterocycles. The summed E-state index contributed by atoms with van der Waals surface area (Å²) in [6, 6.07) is 9.91. The number of hydrogen-bond acceptors (Lipinski definition) is 6. The predicted octanol–water partition coefficient (Wildman–Crippen LogP) is 2.03. The summed E-state index contributed by atoms with van der Waals surface area (Å²) in [5.74, 6) is 0.503. The molecule has 1 aliphatic heterocycles. The minimum Gasteiger partial charge on any atom is -0.329 e. The van der Waals surface area contributed by atoms with Crippen molar-refractivity contribution >= 4 is 37.9 Å². The summed E-state index contributed by atoms with van der Waals surface area (Å²) < 4.78 is 2.70. The summed E-state index contributed by atoms with van der Waals surface area (Å²) >= 11 is 3.35. The average Bonchev–Trinajstić information content (AvgIpc) is 3.25. The first-order valence-corrected chi connectivity index (χ1v) is 10.8. The van der Waals surface area contributed by atoms with E-state index in [-0.39, 0.29) is 5.56 Å². The molecule has 3 aromatic heterocycles. The zero-order valence-corrected chi connectivity index (χ0v) is 16.6. The maximum atomic E-state index is 12.1. The van der Waals surface area contributed by atoms with Crippen LogP contribution < -0.4 is 10.5 Å². The highest BCUT2D eigenvalue weighted by molar-refractivity contribution is 7.18. The van der Waals surface area contributed by atoms with Crippen LogP contribution in [0, 0.1) is 6.92 Å². The Morgan fingerprint density at radius 2 is 2.15 bits per heavy atom. The number of para-hydroxylation sites is 1. The smallest absolute Gasteiger partial charge is 0.275 e. The van der Waals surface area contributed by atoms with E-state index in [1.807, 2.05) is 18.3 Å². The van der Waals surface area contributed by atoms with Crippen molar-refractivity contribution in [2.75, 3.05) is 13.1 Å². The number of fused-ring (bicyclic) bond motifs is 2. The number of rotatable bonds is 3. The first-order chi connectivity index (χ1) is 13.2. The van der Waals surface area contributed by atoms with E-state index in [0.29, 0.717) is 10.9 Å². The van der Waals surface area contributed by atoms with Gasteiger partial charge >= 0.3 is 0 Å². The van der Waals surface area contributed by atoms with Gasteiger partial charge in [0.2, 0.25) is 4.96 Å². The van der Waals surface area contributed by atoms with Gasteiger partial charge in [0.05, 0.1) is 29.2 Å². The molecule has 0 spiro atoms. The van der Waals surface area contributed by atoms with Gasteiger partial charge in [0.25, 0.3) is 5.56 Å². The first-order valence-electron chi connectivity index (χ1n) is 9.21. The minimum atomic E-state index is -0.0963. The van der Waals surface area contributed by atoms with E-state index in [0.717, 1.165) is 35.9 Å². The maximum absolute atomic E-state index is 12.1. The minimum absolute atomic E-state index is 0.0963. The Balaban J connectivity index is 1.36. The summed E-state index contributed by atoms with van der Waals surface area (Å²) in [5.41, 5.74) is 1.76. The van der Waals surface area contributed by atoms with E-state index in [4.69, 9.17) is 4.98 Å². The quantitative estimate of drug-likeness (QED) is 0.574. The zero-order valence-electron chi connectivity index (χ0n) is 15.0. The standard InChI is InChI=1S/C19H19N5OS2/c1-12-9-17(25)24-19(20-12)27-16(22-24)11-23-8-4-5-13(10-23)18-21-14-6-2-3-7-15(14)26-18/h2-3,6-7,9,13H,4-5,8,10-11H2,1H3/p+1/t13-/m1/s1. The molecule has 0 aliphatic carbocycles. The van der Waals surface area contributed by atoms with Gasteiger partial charge in [-0.3, -0.25) is 4.79 Å². The van der Waals surface area contributed by atoms with Crippen molar-refractivity contribution in [3.05, 3.63) is 56.4 Å². The number of quaternary nitrogens is 1. The Labute approximate surface area is 164 Å². The molecule has 1 fully saturated rings. The van der Waals surface area contributed by atoms with Crippen LogP contribution in [0.3, 0.4) is 0 Å². The molecule has 1 N–H and O–H groups in total. The van der Waals surface area contributed by atoms with Crippen LogP contribution in [0.15, 0.2) is 35.1 Å². The lowest BCUT2D eigenvalue weighted by Crippen LogP contribution is -3.12. The van der Waals surface area contributed by atoms with Gasteiger partial charge in [0.15, 0.2) is 5.01 Å². The molecule has 1 aromatic carbocycles. The van der Waals surface area contributed by atoms with Crippen molar-refractivity contribution in [3.8, 4) is 0 Å². The Morgan fingerprint density at radius 1 is 1.26 bits per heavy atom. The molecular formula is C19H20N5OS2+. The fraction of sp³-hybridized carbons (Fsp3) is 0.368. The van der Waals surface area contributed by atoms with Crippen LogP contribution in [0.25, 0.3) is 15.2 Å². The zero-order chi connectivity index (χ0) is 18.4. The number of nitrogens with one attached hydrogen (secondary N) is 1. The molecule has 0 saturated carbocycles. The molecule has 4 heterocycles. The van der Waals surface area contributed by atoms with E-state index in [1.54, 1.807) is 0 Å². The van der Waals surface area contributed by atoms with E-state index in [1.165, 1.54) is 49.4 Å². The second-order valence-electron chi connectivity index (χ2n) is 7.17. The van der Waals surface area contributed by atoms with Gasteiger partial charge in [-0.05, 0) is 31.9 Å². The molecule has 138 valence electrons. The van der Waals surface area contributed by atoms with Crippen LogP contribution in [-0.2, 0) is 6.54 Å². The molecule has 27 heavy (non-hydrogen) atoms. The first kappa shape index (κ1) is 17.0. The third-order valence-corrected chi connectivity index (χ3v) is 7.20. The predicted molar refractivity (Wildman–Crippen MR) is 108 cm³/mol. The highest BCUT2D eigenvalue weighted by Gasteiger charge is 2.28.